The van der Waals surface area contributed by atoms with E-state index < -0.39 is 94.1 Å². The van der Waals surface area contributed by atoms with Crippen molar-refractivity contribution in [1.82, 2.24) is 0 Å². The van der Waals surface area contributed by atoms with Crippen LogP contribution in [-0.4, -0.2) is 200 Å². The van der Waals surface area contributed by atoms with Gasteiger partial charge in [-0.15, -0.1) is 0 Å². The average molecular weight is 1210 g/mol. The van der Waals surface area contributed by atoms with Crippen molar-refractivity contribution in [3.63, 3.8) is 0 Å². The van der Waals surface area contributed by atoms with E-state index in [2.05, 4.69) is 49.6 Å². The summed E-state index contributed by atoms with van der Waals surface area (Å²) in [4.78, 5) is 14.4. The first-order valence-electron chi connectivity index (χ1n) is 29.7. The van der Waals surface area contributed by atoms with Crippen LogP contribution < -0.4 is 5.73 Å². The molecule has 0 aromatic carbocycles. The van der Waals surface area contributed by atoms with Gasteiger partial charge in [0.2, 0.25) is 11.6 Å². The summed E-state index contributed by atoms with van der Waals surface area (Å²) in [7, 11) is 0. The molecule has 0 aromatic heterocycles. The smallest absolute Gasteiger partial charge is 0.308 e. The zero-order valence-electron chi connectivity index (χ0n) is 44.9. The predicted molar refractivity (Wildman–Crippen MR) is 278 cm³/mol. The summed E-state index contributed by atoms with van der Waals surface area (Å²) in [6.07, 6.45) is -1.28. The summed E-state index contributed by atoms with van der Waals surface area (Å²) < 4.78 is 94.5. The number of ether oxygens (including phenoxy) is 14. The average Bonchev–Trinajstić information content (AvgIpc) is 4.31. The minimum Gasteiger partial charge on any atom is -0.459 e. The van der Waals surface area contributed by atoms with Crippen molar-refractivity contribution >= 4 is 28.6 Å². The molecule has 21 heteroatoms. The third-order valence-corrected chi connectivity index (χ3v) is 22.2. The number of carbonyl (C=O) groups excluding carboxylic acids is 1. The second-order valence-corrected chi connectivity index (χ2v) is 27.6. The molecule has 14 heterocycles. The zero-order chi connectivity index (χ0) is 53.8. The molecule has 6 N–H and O–H groups in total. The van der Waals surface area contributed by atoms with Gasteiger partial charge in [0.15, 0.2) is 17.7 Å². The molecular formula is C57H82INO19. The molecule has 14 saturated heterocycles. The van der Waals surface area contributed by atoms with Crippen molar-refractivity contribution in [2.75, 3.05) is 6.54 Å². The topological polar surface area (TPSA) is 253 Å². The quantitative estimate of drug-likeness (QED) is 0.0869. The molecule has 14 aliphatic rings. The monoisotopic (exact) mass is 1210 g/mol. The lowest BCUT2D eigenvalue weighted by Gasteiger charge is -2.53. The van der Waals surface area contributed by atoms with Crippen LogP contribution in [0.5, 0.6) is 0 Å². The third kappa shape index (κ3) is 9.57. The molecule has 78 heavy (non-hydrogen) atoms. The van der Waals surface area contributed by atoms with Crippen LogP contribution in [0.15, 0.2) is 24.3 Å². The number of hydrogen-bond acceptors (Lipinski definition) is 20. The Kier molecular flexibility index (Phi) is 14.5. The number of halogens is 1. The molecule has 0 aromatic rings. The third-order valence-electron chi connectivity index (χ3n) is 20.8. The molecular weight excluding hydrogens is 1130 g/mol. The molecule has 3 unspecified atom stereocenters. The van der Waals surface area contributed by atoms with Crippen molar-refractivity contribution in [1.29, 1.82) is 0 Å². The minimum absolute atomic E-state index is 0.0250. The molecule has 0 radical (unpaired) electrons. The van der Waals surface area contributed by atoms with Crippen LogP contribution in [0.4, 0.5) is 0 Å². The first kappa shape index (κ1) is 54.9. The van der Waals surface area contributed by atoms with Gasteiger partial charge in [-0.2, -0.15) is 0 Å². The molecule has 3 spiro atoms. The Balaban J connectivity index is 0.685. The number of rotatable bonds is 2. The first-order chi connectivity index (χ1) is 37.4. The van der Waals surface area contributed by atoms with E-state index in [4.69, 9.17) is 72.0 Å². The van der Waals surface area contributed by atoms with Gasteiger partial charge in [0.1, 0.15) is 30.5 Å². The van der Waals surface area contributed by atoms with Gasteiger partial charge in [0, 0.05) is 57.8 Å². The number of aliphatic hydroxyl groups excluding tert-OH is 2. The highest BCUT2D eigenvalue weighted by atomic mass is 127. The van der Waals surface area contributed by atoms with Gasteiger partial charge >= 0.3 is 5.97 Å². The summed E-state index contributed by atoms with van der Waals surface area (Å²) in [5.74, 6) is -6.20. The van der Waals surface area contributed by atoms with Gasteiger partial charge in [-0.05, 0) is 87.3 Å². The summed E-state index contributed by atoms with van der Waals surface area (Å²) in [5.41, 5.74) is 7.81. The maximum absolute atomic E-state index is 14.4. The van der Waals surface area contributed by atoms with E-state index >= 15 is 0 Å². The van der Waals surface area contributed by atoms with E-state index in [-0.39, 0.29) is 104 Å². The Morgan fingerprint density at radius 2 is 1.31 bits per heavy atom. The Morgan fingerprint density at radius 1 is 0.590 bits per heavy atom. The van der Waals surface area contributed by atoms with E-state index in [1.165, 1.54) is 0 Å². The number of nitrogens with two attached hydrogens (primary N) is 1. The van der Waals surface area contributed by atoms with Crippen molar-refractivity contribution in [3.8, 4) is 0 Å². The van der Waals surface area contributed by atoms with Gasteiger partial charge in [0.25, 0.3) is 0 Å². The van der Waals surface area contributed by atoms with Crippen LogP contribution in [-0.2, 0) is 71.1 Å². The van der Waals surface area contributed by atoms with Crippen molar-refractivity contribution in [2.24, 2.45) is 17.6 Å². The number of fused-ring (bicyclic) bond motifs is 13. The van der Waals surface area contributed by atoms with Crippen LogP contribution in [0.2, 0.25) is 0 Å². The summed E-state index contributed by atoms with van der Waals surface area (Å²) in [6, 6.07) is 0. The van der Waals surface area contributed by atoms with Crippen LogP contribution in [0, 0.1) is 11.8 Å². The van der Waals surface area contributed by atoms with Crippen molar-refractivity contribution < 1.29 is 91.5 Å². The highest BCUT2D eigenvalue weighted by molar-refractivity contribution is 14.1. The standard InChI is InChI=1S/C57H82INO19/c1-25-15-29-5-7-33-26(2)16-31(65-33)9-13-56-53(62)57(63,64)52(78-56)51-47(58)50(77-56)49-36(72-51)8-6-30(67-49)17-46(61)70-41-20-39-40(68-38(41)19-37(66-29)28(25)4)21-42-44(69-39)23-55(74-42)24-45-35(73-55)10-12-54(76-45)22-27(3)48-43(75-54)18-32(60)34(71-48)11-14-59/h25,27,29-45,47-53,60,62-64H,2,4-24,59H2,1,3H3/t25-,27+,29+,30-,31+,32-,33+,34-,35+,36+,37-,38+,39?,40+,41-,42-,43+,44?,45+,47+,48+,49+,50-,51-,52?,53+,54+,55-,56-/m1/s1. The SMILES string of the molecule is C=C1C[C@@H]2CC[C@]34OC([C@@H]5O[C@H]6CC[C@H](CC(=O)O[C@@H]7CC8OC9C[C@]%10(C[C@@H]%11O[C@@]%12(CC[C@@H]%11O%10)C[C@H](C)[C@@H]%10O[C@H](CCN)[C@H](O)C[C@@H]%10O%12)O[C@@H]9C[C@@H]8O[C@H]7C[C@H]7O[C@@H](CC[C@@H]1O2)C[C@@H](C)C7=C)O[C@@H]6[C@H](O3)[C@@H]5I)C(O)(O)[C@H]4O. The Morgan fingerprint density at radius 3 is 2.14 bits per heavy atom. The lowest BCUT2D eigenvalue weighted by atomic mass is 9.80. The van der Waals surface area contributed by atoms with Crippen LogP contribution in [0.1, 0.15) is 136 Å². The Bertz CT molecular complexity index is 2300. The maximum atomic E-state index is 14.4. The van der Waals surface area contributed by atoms with Gasteiger partial charge in [-0.25, -0.2) is 0 Å². The lowest BCUT2D eigenvalue weighted by molar-refractivity contribution is -0.364. The number of aliphatic hydroxyl groups is 4. The minimum atomic E-state index is -2.63. The number of alkyl halides is 1. The second kappa shape index (κ2) is 20.6. The fourth-order valence-corrected chi connectivity index (χ4v) is 18.0. The van der Waals surface area contributed by atoms with E-state index in [1.54, 1.807) is 0 Å². The molecule has 10 bridgehead atoms. The summed E-state index contributed by atoms with van der Waals surface area (Å²) in [5, 5.41) is 45.6. The molecule has 14 aliphatic heterocycles. The molecule has 0 amide bonds. The molecule has 29 atom stereocenters. The van der Waals surface area contributed by atoms with Crippen molar-refractivity contribution in [2.45, 2.75) is 303 Å². The highest BCUT2D eigenvalue weighted by Crippen LogP contribution is 2.56. The summed E-state index contributed by atoms with van der Waals surface area (Å²) >= 11 is 2.21. The molecule has 436 valence electrons. The van der Waals surface area contributed by atoms with Crippen LogP contribution in [0.25, 0.3) is 0 Å². The summed E-state index contributed by atoms with van der Waals surface area (Å²) in [6.45, 7) is 13.8. The number of carbonyl (C=O) groups is 1. The normalized spacial score (nSPS) is 56.4. The maximum Gasteiger partial charge on any atom is 0.308 e. The Hall–Kier alpha value is -1.04. The first-order valence-corrected chi connectivity index (χ1v) is 31.0. The fourth-order valence-electron chi connectivity index (χ4n) is 16.9. The zero-order valence-corrected chi connectivity index (χ0v) is 47.1. The van der Waals surface area contributed by atoms with Gasteiger partial charge in [0.05, 0.1) is 114 Å². The van der Waals surface area contributed by atoms with Crippen LogP contribution in [0.3, 0.4) is 0 Å². The van der Waals surface area contributed by atoms with Gasteiger partial charge < -0.3 is 92.5 Å². The highest BCUT2D eigenvalue weighted by Gasteiger charge is 2.72. The van der Waals surface area contributed by atoms with Crippen molar-refractivity contribution in [3.05, 3.63) is 24.3 Å². The van der Waals surface area contributed by atoms with Gasteiger partial charge in [-0.3, -0.25) is 4.79 Å². The molecule has 14 fully saturated rings. The van der Waals surface area contributed by atoms with E-state index in [0.717, 1.165) is 30.4 Å². The van der Waals surface area contributed by atoms with Gasteiger partial charge in [-0.1, -0.05) is 49.6 Å². The number of hydrogen-bond donors (Lipinski definition) is 5. The number of esters is 1. The van der Waals surface area contributed by atoms with E-state index in [9.17, 15) is 25.2 Å². The van der Waals surface area contributed by atoms with E-state index in [1.807, 2.05) is 0 Å². The molecule has 0 saturated carbocycles. The molecule has 0 aliphatic carbocycles. The fraction of sp³-hybridized carbons (Fsp3) is 0.912. The molecule has 14 rings (SSSR count). The predicted octanol–water partition coefficient (Wildman–Crippen LogP) is 3.73. The molecule has 20 nitrogen and oxygen atoms in total. The van der Waals surface area contributed by atoms with Crippen LogP contribution >= 0.6 is 22.6 Å². The second-order valence-electron chi connectivity index (χ2n) is 26.1. The Labute approximate surface area is 469 Å². The largest absolute Gasteiger partial charge is 0.459 e. The lowest BCUT2D eigenvalue weighted by Crippen LogP contribution is -2.68. The van der Waals surface area contributed by atoms with E-state index in [0.29, 0.717) is 96.4 Å².